The van der Waals surface area contributed by atoms with E-state index in [0.717, 1.165) is 12.8 Å². The fraction of sp³-hybridized carbons (Fsp3) is 0.500. The van der Waals surface area contributed by atoms with E-state index < -0.39 is 11.9 Å². The van der Waals surface area contributed by atoms with Crippen LogP contribution in [0, 0.1) is 17.8 Å². The summed E-state index contributed by atoms with van der Waals surface area (Å²) in [6, 6.07) is 4.47. The van der Waals surface area contributed by atoms with Crippen LogP contribution < -0.4 is 4.74 Å². The Morgan fingerprint density at radius 3 is 2.59 bits per heavy atom. The molecular formula is C16H19NO5. The van der Waals surface area contributed by atoms with E-state index in [0.29, 0.717) is 18.2 Å². The molecule has 1 saturated heterocycles. The monoisotopic (exact) mass is 305 g/mol. The fourth-order valence-electron chi connectivity index (χ4n) is 3.24. The average Bonchev–Trinajstić information content (AvgIpc) is 3.25. The maximum absolute atomic E-state index is 12.6. The third-order valence-corrected chi connectivity index (χ3v) is 4.63. The molecule has 2 atom stereocenters. The van der Waals surface area contributed by atoms with Gasteiger partial charge in [-0.15, -0.1) is 0 Å². The van der Waals surface area contributed by atoms with Crippen LogP contribution in [0.5, 0.6) is 11.5 Å². The lowest BCUT2D eigenvalue weighted by Gasteiger charge is -2.17. The largest absolute Gasteiger partial charge is 0.507 e. The van der Waals surface area contributed by atoms with Crippen LogP contribution in [-0.4, -0.2) is 47.2 Å². The van der Waals surface area contributed by atoms with E-state index in [-0.39, 0.29) is 29.7 Å². The van der Waals surface area contributed by atoms with Crippen LogP contribution in [0.2, 0.25) is 0 Å². The van der Waals surface area contributed by atoms with E-state index in [2.05, 4.69) is 0 Å². The summed E-state index contributed by atoms with van der Waals surface area (Å²) in [5, 5.41) is 19.3. The fourth-order valence-corrected chi connectivity index (χ4v) is 3.24. The second-order valence-corrected chi connectivity index (χ2v) is 6.04. The second-order valence-electron chi connectivity index (χ2n) is 6.04. The number of carboxylic acids is 1. The molecule has 2 aliphatic rings. The van der Waals surface area contributed by atoms with Crippen molar-refractivity contribution in [1.29, 1.82) is 0 Å². The Balaban J connectivity index is 1.82. The molecule has 1 aromatic rings. The predicted molar refractivity (Wildman–Crippen MR) is 77.9 cm³/mol. The number of ether oxygens (including phenoxy) is 1. The number of methoxy groups -OCH3 is 1. The third-order valence-electron chi connectivity index (χ3n) is 4.63. The molecule has 0 bridgehead atoms. The summed E-state index contributed by atoms with van der Waals surface area (Å²) in [4.78, 5) is 25.6. The van der Waals surface area contributed by atoms with Crippen LogP contribution in [0.25, 0.3) is 0 Å². The van der Waals surface area contributed by atoms with Gasteiger partial charge in [0, 0.05) is 13.1 Å². The summed E-state index contributed by atoms with van der Waals surface area (Å²) >= 11 is 0. The predicted octanol–water partition coefficient (Wildman–Crippen LogP) is 1.58. The molecule has 1 aromatic carbocycles. The van der Waals surface area contributed by atoms with Crippen molar-refractivity contribution in [1.82, 2.24) is 4.90 Å². The first-order chi connectivity index (χ1) is 10.5. The Morgan fingerprint density at radius 1 is 1.27 bits per heavy atom. The molecule has 6 heteroatoms. The standard InChI is InChI=1S/C16H19NO5/c1-22-10-4-5-14(18)11(6-10)15(19)17-7-12(9-2-3-9)13(8-17)16(20)21/h4-6,9,12-13,18H,2-3,7-8H2,1H3,(H,20,21)/t12-,13+/m1/s1. The zero-order valence-electron chi connectivity index (χ0n) is 12.4. The quantitative estimate of drug-likeness (QED) is 0.882. The topological polar surface area (TPSA) is 87.1 Å². The highest BCUT2D eigenvalue weighted by Gasteiger charge is 2.47. The van der Waals surface area contributed by atoms with Crippen molar-refractivity contribution in [3.8, 4) is 11.5 Å². The van der Waals surface area contributed by atoms with Gasteiger partial charge in [-0.3, -0.25) is 9.59 Å². The minimum Gasteiger partial charge on any atom is -0.507 e. The minimum atomic E-state index is -0.845. The van der Waals surface area contributed by atoms with Gasteiger partial charge >= 0.3 is 5.97 Å². The first-order valence-corrected chi connectivity index (χ1v) is 7.40. The number of carbonyl (C=O) groups is 2. The lowest BCUT2D eigenvalue weighted by Crippen LogP contribution is -2.30. The molecule has 6 nitrogen and oxygen atoms in total. The number of phenols is 1. The molecule has 1 aliphatic carbocycles. The van der Waals surface area contributed by atoms with Crippen LogP contribution in [0.3, 0.4) is 0 Å². The van der Waals surface area contributed by atoms with Crippen molar-refractivity contribution in [2.24, 2.45) is 17.8 Å². The summed E-state index contributed by atoms with van der Waals surface area (Å²) in [7, 11) is 1.49. The van der Waals surface area contributed by atoms with E-state index in [1.54, 1.807) is 6.07 Å². The molecule has 0 aromatic heterocycles. The number of aromatic hydroxyl groups is 1. The zero-order valence-corrected chi connectivity index (χ0v) is 12.4. The maximum atomic E-state index is 12.6. The summed E-state index contributed by atoms with van der Waals surface area (Å²) in [5.41, 5.74) is 0.153. The molecule has 0 unspecified atom stereocenters. The summed E-state index contributed by atoms with van der Waals surface area (Å²) in [5.74, 6) is -0.898. The molecule has 3 rings (SSSR count). The summed E-state index contributed by atoms with van der Waals surface area (Å²) in [6.07, 6.45) is 2.09. The van der Waals surface area contributed by atoms with Crippen molar-refractivity contribution in [2.75, 3.05) is 20.2 Å². The first-order valence-electron chi connectivity index (χ1n) is 7.40. The molecule has 22 heavy (non-hydrogen) atoms. The number of phenolic OH excluding ortho intramolecular Hbond substituents is 1. The Kier molecular flexibility index (Phi) is 3.68. The zero-order chi connectivity index (χ0) is 15.9. The maximum Gasteiger partial charge on any atom is 0.308 e. The smallest absolute Gasteiger partial charge is 0.308 e. The SMILES string of the molecule is COc1ccc(O)c(C(=O)N2C[C@H](C(=O)O)[C@@H](C3CC3)C2)c1. The van der Waals surface area contributed by atoms with Crippen molar-refractivity contribution in [3.63, 3.8) is 0 Å². The first kappa shape index (κ1) is 14.7. The molecule has 1 aliphatic heterocycles. The third kappa shape index (κ3) is 2.61. The van der Waals surface area contributed by atoms with E-state index in [9.17, 15) is 19.8 Å². The number of nitrogens with zero attached hydrogens (tertiary/aromatic N) is 1. The number of hydrogen-bond donors (Lipinski definition) is 2. The van der Waals surface area contributed by atoms with Crippen molar-refractivity contribution >= 4 is 11.9 Å². The minimum absolute atomic E-state index is 0.0224. The number of rotatable bonds is 4. The highest BCUT2D eigenvalue weighted by Crippen LogP contribution is 2.44. The normalized spacial score (nSPS) is 24.3. The van der Waals surface area contributed by atoms with Crippen LogP contribution in [0.15, 0.2) is 18.2 Å². The molecule has 1 saturated carbocycles. The molecule has 0 spiro atoms. The molecule has 2 fully saturated rings. The van der Waals surface area contributed by atoms with Gasteiger partial charge in [0.1, 0.15) is 11.5 Å². The molecule has 0 radical (unpaired) electrons. The number of likely N-dealkylation sites (tertiary alicyclic amines) is 1. The van der Waals surface area contributed by atoms with E-state index >= 15 is 0 Å². The van der Waals surface area contributed by atoms with E-state index in [1.807, 2.05) is 0 Å². The average molecular weight is 305 g/mol. The van der Waals surface area contributed by atoms with Crippen molar-refractivity contribution in [3.05, 3.63) is 23.8 Å². The number of carboxylic acid groups (broad SMARTS) is 1. The molecule has 1 amide bonds. The molecule has 2 N–H and O–H groups in total. The Labute approximate surface area is 128 Å². The van der Waals surface area contributed by atoms with Gasteiger partial charge < -0.3 is 19.8 Å². The Hall–Kier alpha value is -2.24. The lowest BCUT2D eigenvalue weighted by atomic mass is 9.92. The summed E-state index contributed by atoms with van der Waals surface area (Å²) in [6.45, 7) is 0.642. The van der Waals surface area contributed by atoms with Crippen molar-refractivity contribution < 1.29 is 24.5 Å². The van der Waals surface area contributed by atoms with Gasteiger partial charge in [0.25, 0.3) is 5.91 Å². The van der Waals surface area contributed by atoms with Crippen LogP contribution in [0.1, 0.15) is 23.2 Å². The second kappa shape index (κ2) is 5.51. The highest BCUT2D eigenvalue weighted by molar-refractivity contribution is 5.97. The molecular weight excluding hydrogens is 286 g/mol. The van der Waals surface area contributed by atoms with Gasteiger partial charge in [0.05, 0.1) is 18.6 Å². The van der Waals surface area contributed by atoms with Gasteiger partial charge in [-0.1, -0.05) is 0 Å². The highest BCUT2D eigenvalue weighted by atomic mass is 16.5. The molecule has 118 valence electrons. The number of aliphatic carboxylic acids is 1. The van der Waals surface area contributed by atoms with Gasteiger partial charge in [-0.05, 0) is 42.9 Å². The van der Waals surface area contributed by atoms with E-state index in [4.69, 9.17) is 4.74 Å². The number of carbonyl (C=O) groups excluding carboxylic acids is 1. The van der Waals surface area contributed by atoms with Crippen LogP contribution >= 0.6 is 0 Å². The van der Waals surface area contributed by atoms with Crippen LogP contribution in [0.4, 0.5) is 0 Å². The van der Waals surface area contributed by atoms with Crippen LogP contribution in [-0.2, 0) is 4.79 Å². The number of amides is 1. The summed E-state index contributed by atoms with van der Waals surface area (Å²) < 4.78 is 5.08. The van der Waals surface area contributed by atoms with Gasteiger partial charge in [-0.25, -0.2) is 0 Å². The number of hydrogen-bond acceptors (Lipinski definition) is 4. The number of benzene rings is 1. The lowest BCUT2D eigenvalue weighted by molar-refractivity contribution is -0.142. The van der Waals surface area contributed by atoms with Gasteiger partial charge in [0.2, 0.25) is 0 Å². The Bertz CT molecular complexity index is 611. The van der Waals surface area contributed by atoms with Gasteiger partial charge in [0.15, 0.2) is 0 Å². The van der Waals surface area contributed by atoms with E-state index in [1.165, 1.54) is 24.1 Å². The molecule has 1 heterocycles. The van der Waals surface area contributed by atoms with Crippen molar-refractivity contribution in [2.45, 2.75) is 12.8 Å². The van der Waals surface area contributed by atoms with Gasteiger partial charge in [-0.2, -0.15) is 0 Å². The Morgan fingerprint density at radius 2 is 2.00 bits per heavy atom.